The average Bonchev–Trinajstić information content (AvgIpc) is 3.37. The van der Waals surface area contributed by atoms with E-state index in [4.69, 9.17) is 0 Å². The summed E-state index contributed by atoms with van der Waals surface area (Å²) < 4.78 is 2.58. The second kappa shape index (κ2) is 7.65. The number of fused-ring (bicyclic) bond motifs is 1. The summed E-state index contributed by atoms with van der Waals surface area (Å²) in [6.45, 7) is 2.03. The fourth-order valence-corrected chi connectivity index (χ4v) is 3.44. The maximum absolute atomic E-state index is 11.5. The summed E-state index contributed by atoms with van der Waals surface area (Å²) in [5.74, 6) is 0.174. The smallest absolute Gasteiger partial charge is 0.326 e. The molecule has 5 rings (SSSR count). The Hall–Kier alpha value is -3.47. The number of H-pyrrole nitrogens is 2. The predicted molar refractivity (Wildman–Crippen MR) is 117 cm³/mol. The largest absolute Gasteiger partial charge is 0.493 e. The van der Waals surface area contributed by atoms with Gasteiger partial charge in [-0.25, -0.2) is 9.79 Å². The maximum Gasteiger partial charge on any atom is 0.326 e. The first-order valence-corrected chi connectivity index (χ1v) is 10.6. The molecule has 0 amide bonds. The van der Waals surface area contributed by atoms with Crippen LogP contribution in [0.5, 0.6) is 5.88 Å². The van der Waals surface area contributed by atoms with E-state index in [1.54, 1.807) is 16.8 Å². The van der Waals surface area contributed by atoms with Crippen molar-refractivity contribution in [2.45, 2.75) is 31.8 Å². The van der Waals surface area contributed by atoms with Gasteiger partial charge >= 0.3 is 5.69 Å². The van der Waals surface area contributed by atoms with Crippen LogP contribution in [0.3, 0.4) is 0 Å². The Morgan fingerprint density at radius 1 is 1.29 bits per heavy atom. The summed E-state index contributed by atoms with van der Waals surface area (Å²) >= 11 is 3.45. The molecule has 3 heterocycles. The topological polar surface area (TPSA) is 136 Å². The maximum atomic E-state index is 11.5. The lowest BCUT2D eigenvalue weighted by molar-refractivity contribution is 0.454. The fourth-order valence-electron chi connectivity index (χ4n) is 3.17. The van der Waals surface area contributed by atoms with Crippen molar-refractivity contribution in [1.29, 1.82) is 0 Å². The highest BCUT2D eigenvalue weighted by Gasteiger charge is 2.21. The molecule has 0 unspecified atom stereocenters. The normalized spacial score (nSPS) is 16.2. The van der Waals surface area contributed by atoms with Crippen molar-refractivity contribution in [2.75, 3.05) is 5.32 Å². The highest BCUT2D eigenvalue weighted by Crippen LogP contribution is 2.22. The quantitative estimate of drug-likeness (QED) is 0.339. The Morgan fingerprint density at radius 3 is 2.74 bits per heavy atom. The molecule has 1 aliphatic carbocycles. The van der Waals surface area contributed by atoms with Crippen molar-refractivity contribution in [1.82, 2.24) is 29.5 Å². The number of anilines is 1. The van der Waals surface area contributed by atoms with Gasteiger partial charge in [0, 0.05) is 9.69 Å². The number of aromatic hydroxyl groups is 1. The Kier molecular flexibility index (Phi) is 4.81. The number of rotatable bonds is 5. The molecule has 0 radical (unpaired) electrons. The highest BCUT2D eigenvalue weighted by molar-refractivity contribution is 9.10. The summed E-state index contributed by atoms with van der Waals surface area (Å²) in [5, 5.41) is 18.2. The zero-order valence-electron chi connectivity index (χ0n) is 16.5. The van der Waals surface area contributed by atoms with Gasteiger partial charge < -0.3 is 15.4 Å². The van der Waals surface area contributed by atoms with E-state index < -0.39 is 5.69 Å². The lowest BCUT2D eigenvalue weighted by Crippen LogP contribution is -2.25. The van der Waals surface area contributed by atoms with Crippen LogP contribution in [0.25, 0.3) is 11.7 Å². The predicted octanol–water partition coefficient (Wildman–Crippen LogP) is 1.39. The third-order valence-electron chi connectivity index (χ3n) is 4.97. The van der Waals surface area contributed by atoms with Crippen LogP contribution in [0.15, 0.2) is 44.7 Å². The Balaban J connectivity index is 1.61. The molecular weight excluding hydrogens is 464 g/mol. The Labute approximate surface area is 183 Å². The number of aromatic amines is 2. The van der Waals surface area contributed by atoms with Crippen molar-refractivity contribution in [2.24, 2.45) is 4.99 Å². The van der Waals surface area contributed by atoms with Crippen molar-refractivity contribution in [3.8, 4) is 5.88 Å². The molecule has 1 aliphatic rings. The molecule has 0 spiro atoms. The molecule has 31 heavy (non-hydrogen) atoms. The van der Waals surface area contributed by atoms with Gasteiger partial charge in [0.25, 0.3) is 5.62 Å². The molecule has 0 saturated heterocycles. The van der Waals surface area contributed by atoms with Gasteiger partial charge in [-0.2, -0.15) is 19.6 Å². The van der Waals surface area contributed by atoms with Gasteiger partial charge in [0.05, 0.1) is 18.3 Å². The summed E-state index contributed by atoms with van der Waals surface area (Å²) in [4.78, 5) is 30.2. The highest BCUT2D eigenvalue weighted by atomic mass is 79.9. The first-order chi connectivity index (χ1) is 15.0. The van der Waals surface area contributed by atoms with E-state index in [1.807, 2.05) is 31.2 Å². The van der Waals surface area contributed by atoms with E-state index in [0.717, 1.165) is 22.9 Å². The molecule has 1 fully saturated rings. The van der Waals surface area contributed by atoms with Crippen LogP contribution >= 0.6 is 15.9 Å². The number of benzene rings is 1. The van der Waals surface area contributed by atoms with Crippen LogP contribution in [0.4, 0.5) is 5.95 Å². The number of hydrogen-bond acceptors (Lipinski definition) is 7. The zero-order chi connectivity index (χ0) is 21.5. The van der Waals surface area contributed by atoms with Gasteiger partial charge in [-0.15, -0.1) is 0 Å². The van der Waals surface area contributed by atoms with E-state index >= 15 is 0 Å². The van der Waals surface area contributed by atoms with Crippen molar-refractivity contribution >= 4 is 33.6 Å². The first kappa shape index (κ1) is 19.5. The number of nitrogens with one attached hydrogen (secondary N) is 3. The van der Waals surface area contributed by atoms with Crippen molar-refractivity contribution in [3.63, 3.8) is 0 Å². The molecule has 10 nitrogen and oxygen atoms in total. The number of halogens is 1. The summed E-state index contributed by atoms with van der Waals surface area (Å²) in [6.07, 6.45) is 5.26. The van der Waals surface area contributed by atoms with Crippen LogP contribution in [0.1, 0.15) is 37.1 Å². The lowest BCUT2D eigenvalue weighted by atomic mass is 10.1. The first-order valence-electron chi connectivity index (χ1n) is 9.81. The monoisotopic (exact) mass is 482 g/mol. The molecule has 0 aliphatic heterocycles. The number of aromatic nitrogens is 6. The second-order valence-corrected chi connectivity index (χ2v) is 8.36. The van der Waals surface area contributed by atoms with Gasteiger partial charge in [0.15, 0.2) is 5.65 Å². The van der Waals surface area contributed by atoms with Gasteiger partial charge in [-0.3, -0.25) is 4.98 Å². The van der Waals surface area contributed by atoms with Crippen molar-refractivity contribution < 1.29 is 5.11 Å². The van der Waals surface area contributed by atoms with Crippen LogP contribution in [0, 0.1) is 0 Å². The molecular formula is C20H19BrN8O2. The average molecular weight is 483 g/mol. The molecule has 11 heteroatoms. The summed E-state index contributed by atoms with van der Waals surface area (Å²) in [6, 6.07) is 8.23. The number of nitrogens with zero attached hydrogens (tertiary/aromatic N) is 5. The SMILES string of the molecule is C[C@H](Nc1nc(=NC2CC2)n2ncc(=Cc3[nH]c(=O)[nH]c3O)c2n1)c1ccc(Br)cc1. The Bertz CT molecular complexity index is 1430. The Morgan fingerprint density at radius 2 is 2.06 bits per heavy atom. The molecule has 1 aromatic carbocycles. The van der Waals surface area contributed by atoms with Gasteiger partial charge in [-0.1, -0.05) is 28.1 Å². The van der Waals surface area contributed by atoms with Crippen LogP contribution in [-0.2, 0) is 0 Å². The molecule has 1 saturated carbocycles. The van der Waals surface area contributed by atoms with Gasteiger partial charge in [-0.05, 0) is 43.5 Å². The standard InChI is InChI=1S/C20H19BrN8O2/c1-10(11-2-4-13(21)5-3-11)23-18-26-16-12(8-15-17(30)27-20(31)25-15)9-22-29(16)19(28-18)24-14-6-7-14/h2-5,8-10,14,30H,6-7H2,1H3,(H,23,24,28)(H2,25,27,31)/t10-/m0/s1. The van der Waals surface area contributed by atoms with E-state index in [2.05, 4.69) is 51.3 Å². The number of imidazole rings is 1. The molecule has 0 bridgehead atoms. The van der Waals surface area contributed by atoms with Crippen LogP contribution in [0.2, 0.25) is 0 Å². The third-order valence-corrected chi connectivity index (χ3v) is 5.50. The van der Waals surface area contributed by atoms with Crippen LogP contribution in [-0.4, -0.2) is 40.7 Å². The van der Waals surface area contributed by atoms with E-state index in [0.29, 0.717) is 22.4 Å². The third kappa shape index (κ3) is 4.08. The fraction of sp³-hybridized carbons (Fsp3) is 0.250. The van der Waals surface area contributed by atoms with E-state index in [1.165, 1.54) is 0 Å². The second-order valence-electron chi connectivity index (χ2n) is 7.45. The van der Waals surface area contributed by atoms with Gasteiger partial charge in [0.2, 0.25) is 11.8 Å². The number of hydrogen-bond donors (Lipinski definition) is 4. The van der Waals surface area contributed by atoms with E-state index in [-0.39, 0.29) is 23.7 Å². The molecule has 3 aromatic heterocycles. The van der Waals surface area contributed by atoms with Crippen LogP contribution < -0.4 is 21.8 Å². The molecule has 158 valence electrons. The summed E-state index contributed by atoms with van der Waals surface area (Å²) in [5.41, 5.74) is 1.81. The molecule has 4 aromatic rings. The minimum absolute atomic E-state index is 0.0373. The van der Waals surface area contributed by atoms with Gasteiger partial charge in [0.1, 0.15) is 5.69 Å². The minimum Gasteiger partial charge on any atom is -0.493 e. The minimum atomic E-state index is -0.495. The lowest BCUT2D eigenvalue weighted by Gasteiger charge is -2.14. The van der Waals surface area contributed by atoms with Crippen molar-refractivity contribution in [3.05, 3.63) is 67.5 Å². The van der Waals surface area contributed by atoms with E-state index in [9.17, 15) is 9.90 Å². The molecule has 4 N–H and O–H groups in total. The zero-order valence-corrected chi connectivity index (χ0v) is 18.1. The molecule has 1 atom stereocenters. The summed E-state index contributed by atoms with van der Waals surface area (Å²) in [7, 11) is 0.